The molecule has 1 heterocycles. The van der Waals surface area contributed by atoms with Gasteiger partial charge in [-0.05, 0) is 31.0 Å². The van der Waals surface area contributed by atoms with Crippen LogP contribution in [0.2, 0.25) is 0 Å². The summed E-state index contributed by atoms with van der Waals surface area (Å²) in [7, 11) is 0.956. The van der Waals surface area contributed by atoms with E-state index < -0.39 is 30.1 Å². The number of alkyl halides is 3. The molecular weight excluding hydrogens is 313 g/mol. The van der Waals surface area contributed by atoms with Crippen molar-refractivity contribution < 1.29 is 18.0 Å². The van der Waals surface area contributed by atoms with Gasteiger partial charge in [0.1, 0.15) is 6.54 Å². The minimum atomic E-state index is -4.76. The molecule has 0 saturated carbocycles. The molecule has 1 aromatic carbocycles. The summed E-state index contributed by atoms with van der Waals surface area (Å²) in [6.07, 6.45) is -4.76. The smallest absolute Gasteiger partial charge is 0.324 e. The summed E-state index contributed by atoms with van der Waals surface area (Å²) in [5.74, 6) is -1.98. The van der Waals surface area contributed by atoms with Crippen molar-refractivity contribution in [3.05, 3.63) is 45.6 Å². The highest BCUT2D eigenvalue weighted by atomic mass is 19.4. The zero-order valence-corrected chi connectivity index (χ0v) is 12.7. The van der Waals surface area contributed by atoms with Crippen LogP contribution >= 0.6 is 0 Å². The quantitative estimate of drug-likeness (QED) is 0.935. The van der Waals surface area contributed by atoms with Crippen molar-refractivity contribution in [2.24, 2.45) is 7.05 Å². The Hall–Kier alpha value is -2.58. The molecule has 0 aliphatic carbocycles. The van der Waals surface area contributed by atoms with Crippen LogP contribution in [-0.4, -0.2) is 20.3 Å². The maximum Gasteiger partial charge on any atom is 0.451 e. The van der Waals surface area contributed by atoms with Crippen molar-refractivity contribution in [1.82, 2.24) is 14.3 Å². The van der Waals surface area contributed by atoms with E-state index in [0.29, 0.717) is 14.9 Å². The van der Waals surface area contributed by atoms with Gasteiger partial charge in [-0.2, -0.15) is 13.2 Å². The predicted molar refractivity (Wildman–Crippen MR) is 77.0 cm³/mol. The van der Waals surface area contributed by atoms with Gasteiger partial charge < -0.3 is 5.32 Å². The minimum Gasteiger partial charge on any atom is -0.324 e. The summed E-state index contributed by atoms with van der Waals surface area (Å²) in [4.78, 5) is 23.7. The summed E-state index contributed by atoms with van der Waals surface area (Å²) in [6.45, 7) is 3.02. The van der Waals surface area contributed by atoms with Gasteiger partial charge in [0.15, 0.2) is 0 Å². The van der Waals surface area contributed by atoms with Crippen molar-refractivity contribution in [2.45, 2.75) is 26.6 Å². The number of aryl methyl sites for hydroxylation is 2. The normalized spacial score (nSPS) is 11.6. The predicted octanol–water partition coefficient (Wildman–Crippen LogP) is 1.86. The van der Waals surface area contributed by atoms with E-state index in [1.807, 2.05) is 13.0 Å². The first-order chi connectivity index (χ1) is 10.6. The standard InChI is InChI=1S/C14H15F3N4O2/c1-8-4-5-9(2)10(6-8)18-11(22)7-21-13(23)20(3)12(19-21)14(15,16)17/h4-6H,7H2,1-3H3,(H,18,22). The molecule has 0 atom stereocenters. The average Bonchev–Trinajstić information content (AvgIpc) is 2.71. The Morgan fingerprint density at radius 2 is 1.96 bits per heavy atom. The number of hydrogen-bond donors (Lipinski definition) is 1. The van der Waals surface area contributed by atoms with Crippen molar-refractivity contribution in [3.63, 3.8) is 0 Å². The van der Waals surface area contributed by atoms with Crippen LogP contribution in [0.25, 0.3) is 0 Å². The number of anilines is 1. The van der Waals surface area contributed by atoms with Crippen molar-refractivity contribution >= 4 is 11.6 Å². The Morgan fingerprint density at radius 3 is 2.52 bits per heavy atom. The van der Waals surface area contributed by atoms with Gasteiger partial charge >= 0.3 is 11.9 Å². The van der Waals surface area contributed by atoms with Crippen LogP contribution < -0.4 is 11.0 Å². The van der Waals surface area contributed by atoms with Crippen LogP contribution in [0.3, 0.4) is 0 Å². The van der Waals surface area contributed by atoms with Crippen LogP contribution in [0.5, 0.6) is 0 Å². The Labute approximate surface area is 129 Å². The lowest BCUT2D eigenvalue weighted by Gasteiger charge is -2.09. The number of nitrogens with one attached hydrogen (secondary N) is 1. The first-order valence-corrected chi connectivity index (χ1v) is 6.67. The molecule has 124 valence electrons. The highest BCUT2D eigenvalue weighted by molar-refractivity contribution is 5.91. The molecule has 0 aliphatic rings. The Balaban J connectivity index is 2.21. The summed E-state index contributed by atoms with van der Waals surface area (Å²) < 4.78 is 38.9. The maximum absolute atomic E-state index is 12.7. The highest BCUT2D eigenvalue weighted by Gasteiger charge is 2.38. The Kier molecular flexibility index (Phi) is 4.31. The number of halogens is 3. The third-order valence-corrected chi connectivity index (χ3v) is 3.25. The summed E-state index contributed by atoms with van der Waals surface area (Å²) in [6, 6.07) is 5.40. The molecule has 0 bridgehead atoms. The van der Waals surface area contributed by atoms with Gasteiger partial charge in [0.25, 0.3) is 0 Å². The number of nitrogens with zero attached hydrogens (tertiary/aromatic N) is 3. The molecule has 0 aliphatic heterocycles. The second-order valence-electron chi connectivity index (χ2n) is 5.19. The lowest BCUT2D eigenvalue weighted by atomic mass is 10.1. The second kappa shape index (κ2) is 5.90. The summed E-state index contributed by atoms with van der Waals surface area (Å²) in [5.41, 5.74) is 1.25. The molecule has 23 heavy (non-hydrogen) atoms. The van der Waals surface area contributed by atoms with E-state index in [1.54, 1.807) is 19.1 Å². The summed E-state index contributed by atoms with van der Waals surface area (Å²) in [5, 5.41) is 5.75. The van der Waals surface area contributed by atoms with Gasteiger partial charge in [0.2, 0.25) is 11.7 Å². The summed E-state index contributed by atoms with van der Waals surface area (Å²) >= 11 is 0. The molecule has 0 radical (unpaired) electrons. The van der Waals surface area contributed by atoms with Gasteiger partial charge in [0, 0.05) is 12.7 Å². The number of carbonyl (C=O) groups is 1. The molecule has 0 unspecified atom stereocenters. The van der Waals surface area contributed by atoms with E-state index in [0.717, 1.165) is 18.2 Å². The maximum atomic E-state index is 12.7. The van der Waals surface area contributed by atoms with Crippen LogP contribution in [0.4, 0.5) is 18.9 Å². The van der Waals surface area contributed by atoms with Gasteiger partial charge in [-0.3, -0.25) is 9.36 Å². The highest BCUT2D eigenvalue weighted by Crippen LogP contribution is 2.26. The van der Waals surface area contributed by atoms with Crippen LogP contribution in [-0.2, 0) is 24.6 Å². The Bertz CT molecular complexity index is 805. The minimum absolute atomic E-state index is 0.366. The third kappa shape index (κ3) is 3.61. The van der Waals surface area contributed by atoms with E-state index >= 15 is 0 Å². The fourth-order valence-corrected chi connectivity index (χ4v) is 2.03. The molecule has 1 aromatic heterocycles. The molecular formula is C14H15F3N4O2. The molecule has 1 N–H and O–H groups in total. The number of aromatic nitrogens is 3. The molecule has 2 rings (SSSR count). The fraction of sp³-hybridized carbons (Fsp3) is 0.357. The number of benzene rings is 1. The number of carbonyl (C=O) groups excluding carboxylic acids is 1. The largest absolute Gasteiger partial charge is 0.451 e. The van der Waals surface area contributed by atoms with Gasteiger partial charge in [-0.15, -0.1) is 5.10 Å². The molecule has 9 heteroatoms. The van der Waals surface area contributed by atoms with E-state index in [-0.39, 0.29) is 0 Å². The van der Waals surface area contributed by atoms with Crippen LogP contribution in [0.1, 0.15) is 17.0 Å². The average molecular weight is 328 g/mol. The molecule has 0 saturated heterocycles. The first-order valence-electron chi connectivity index (χ1n) is 6.67. The van der Waals surface area contributed by atoms with Crippen molar-refractivity contribution in [3.8, 4) is 0 Å². The van der Waals surface area contributed by atoms with Gasteiger partial charge in [-0.1, -0.05) is 12.1 Å². The first kappa shape index (κ1) is 16.8. The van der Waals surface area contributed by atoms with E-state index in [4.69, 9.17) is 0 Å². The Morgan fingerprint density at radius 1 is 1.30 bits per heavy atom. The van der Waals surface area contributed by atoms with E-state index in [2.05, 4.69) is 10.4 Å². The van der Waals surface area contributed by atoms with Crippen molar-refractivity contribution in [1.29, 1.82) is 0 Å². The monoisotopic (exact) mass is 328 g/mol. The number of amides is 1. The van der Waals surface area contributed by atoms with Crippen LogP contribution in [0.15, 0.2) is 23.0 Å². The molecule has 1 amide bonds. The lowest BCUT2D eigenvalue weighted by molar-refractivity contribution is -0.147. The van der Waals surface area contributed by atoms with Crippen molar-refractivity contribution in [2.75, 3.05) is 5.32 Å². The SMILES string of the molecule is Cc1ccc(C)c(NC(=O)Cn2nc(C(F)(F)F)n(C)c2=O)c1. The number of rotatable bonds is 3. The molecule has 2 aromatic rings. The zero-order valence-electron chi connectivity index (χ0n) is 12.7. The topological polar surface area (TPSA) is 68.9 Å². The molecule has 0 spiro atoms. The third-order valence-electron chi connectivity index (χ3n) is 3.25. The zero-order chi connectivity index (χ0) is 17.4. The van der Waals surface area contributed by atoms with Gasteiger partial charge in [-0.25, -0.2) is 9.48 Å². The number of hydrogen-bond acceptors (Lipinski definition) is 3. The lowest BCUT2D eigenvalue weighted by Crippen LogP contribution is -2.29. The van der Waals surface area contributed by atoms with E-state index in [9.17, 15) is 22.8 Å². The molecule has 0 fully saturated rings. The second-order valence-corrected chi connectivity index (χ2v) is 5.19. The fourth-order valence-electron chi connectivity index (χ4n) is 2.03. The van der Waals surface area contributed by atoms with E-state index in [1.165, 1.54) is 0 Å². The van der Waals surface area contributed by atoms with Crippen LogP contribution in [0, 0.1) is 13.8 Å². The van der Waals surface area contributed by atoms with Gasteiger partial charge in [0.05, 0.1) is 0 Å². The molecule has 6 nitrogen and oxygen atoms in total.